The van der Waals surface area contributed by atoms with E-state index < -0.39 is 0 Å². The summed E-state index contributed by atoms with van der Waals surface area (Å²) in [7, 11) is 4.50. The third-order valence-electron chi connectivity index (χ3n) is 3.66. The van der Waals surface area contributed by atoms with Crippen molar-refractivity contribution < 1.29 is 23.7 Å². The number of ether oxygens (including phenoxy) is 3. The topological polar surface area (TPSA) is 78.1 Å². The predicted molar refractivity (Wildman–Crippen MR) is 89.2 cm³/mol. The Kier molecular flexibility index (Phi) is 4.04. The van der Waals surface area contributed by atoms with E-state index in [9.17, 15) is 9.90 Å². The van der Waals surface area contributed by atoms with Gasteiger partial charge in [0.25, 0.3) is 0 Å². The molecule has 0 amide bonds. The van der Waals surface area contributed by atoms with Gasteiger partial charge in [0.05, 0.1) is 26.7 Å². The molecular weight excluding hydrogens is 312 g/mol. The van der Waals surface area contributed by atoms with Gasteiger partial charge in [-0.3, -0.25) is 4.79 Å². The SMILES string of the molecule is COc1cc(OC)cc(-c2cc(=O)c3cc(OC)c(O)cc3o2)c1. The first-order valence-electron chi connectivity index (χ1n) is 7.14. The van der Waals surface area contributed by atoms with Gasteiger partial charge >= 0.3 is 0 Å². The van der Waals surface area contributed by atoms with Gasteiger partial charge in [-0.05, 0) is 18.2 Å². The van der Waals surface area contributed by atoms with Crippen molar-refractivity contribution in [1.29, 1.82) is 0 Å². The van der Waals surface area contributed by atoms with Crippen LogP contribution in [-0.2, 0) is 0 Å². The van der Waals surface area contributed by atoms with E-state index in [0.29, 0.717) is 28.2 Å². The lowest BCUT2D eigenvalue weighted by molar-refractivity contribution is 0.373. The van der Waals surface area contributed by atoms with E-state index >= 15 is 0 Å². The second-order valence-electron chi connectivity index (χ2n) is 5.10. The number of hydrogen-bond donors (Lipinski definition) is 1. The van der Waals surface area contributed by atoms with Gasteiger partial charge in [0, 0.05) is 23.8 Å². The molecule has 0 saturated heterocycles. The molecule has 1 heterocycles. The summed E-state index contributed by atoms with van der Waals surface area (Å²) in [6.07, 6.45) is 0. The van der Waals surface area contributed by atoms with Crippen LogP contribution in [0.15, 0.2) is 45.6 Å². The van der Waals surface area contributed by atoms with Crippen LogP contribution in [0.1, 0.15) is 0 Å². The summed E-state index contributed by atoms with van der Waals surface area (Å²) in [6, 6.07) is 9.38. The van der Waals surface area contributed by atoms with Gasteiger partial charge in [0.2, 0.25) is 0 Å². The fourth-order valence-electron chi connectivity index (χ4n) is 2.43. The van der Waals surface area contributed by atoms with Crippen molar-refractivity contribution in [2.75, 3.05) is 21.3 Å². The first-order chi connectivity index (χ1) is 11.5. The van der Waals surface area contributed by atoms with Crippen LogP contribution in [-0.4, -0.2) is 26.4 Å². The minimum Gasteiger partial charge on any atom is -0.504 e. The number of rotatable bonds is 4. The van der Waals surface area contributed by atoms with E-state index in [2.05, 4.69) is 0 Å². The Morgan fingerprint density at radius 2 is 1.54 bits per heavy atom. The molecule has 0 unspecified atom stereocenters. The lowest BCUT2D eigenvalue weighted by Gasteiger charge is -2.09. The second kappa shape index (κ2) is 6.16. The first-order valence-corrected chi connectivity index (χ1v) is 7.14. The maximum absolute atomic E-state index is 12.4. The fraction of sp³-hybridized carbons (Fsp3) is 0.167. The molecule has 24 heavy (non-hydrogen) atoms. The van der Waals surface area contributed by atoms with Crippen molar-refractivity contribution in [1.82, 2.24) is 0 Å². The van der Waals surface area contributed by atoms with Crippen LogP contribution in [0, 0.1) is 0 Å². The quantitative estimate of drug-likeness (QED) is 0.792. The predicted octanol–water partition coefficient (Wildman–Crippen LogP) is 3.19. The Balaban J connectivity index is 2.23. The van der Waals surface area contributed by atoms with Gasteiger partial charge in [0.15, 0.2) is 16.9 Å². The van der Waals surface area contributed by atoms with Crippen molar-refractivity contribution in [3.63, 3.8) is 0 Å². The minimum absolute atomic E-state index is 0.103. The summed E-state index contributed by atoms with van der Waals surface area (Å²) in [5.41, 5.74) is 0.643. The highest BCUT2D eigenvalue weighted by molar-refractivity contribution is 5.82. The number of hydrogen-bond acceptors (Lipinski definition) is 6. The van der Waals surface area contributed by atoms with Crippen molar-refractivity contribution in [3.8, 4) is 34.3 Å². The van der Waals surface area contributed by atoms with E-state index in [1.165, 1.54) is 25.3 Å². The second-order valence-corrected chi connectivity index (χ2v) is 5.10. The molecule has 0 spiro atoms. The zero-order chi connectivity index (χ0) is 17.3. The molecule has 3 aromatic rings. The van der Waals surface area contributed by atoms with Gasteiger partial charge in [-0.25, -0.2) is 0 Å². The Hall–Kier alpha value is -3.15. The molecule has 0 atom stereocenters. The molecule has 0 aliphatic rings. The lowest BCUT2D eigenvalue weighted by Crippen LogP contribution is -2.01. The average Bonchev–Trinajstić information content (AvgIpc) is 2.60. The zero-order valence-electron chi connectivity index (χ0n) is 13.5. The summed E-state index contributed by atoms with van der Waals surface area (Å²) in [5, 5.41) is 10.2. The molecule has 6 nitrogen and oxygen atoms in total. The Labute approximate surface area is 137 Å². The van der Waals surface area contributed by atoms with Crippen molar-refractivity contribution in [2.45, 2.75) is 0 Å². The largest absolute Gasteiger partial charge is 0.504 e. The van der Waals surface area contributed by atoms with Crippen LogP contribution in [0.25, 0.3) is 22.3 Å². The highest BCUT2D eigenvalue weighted by Crippen LogP contribution is 2.33. The van der Waals surface area contributed by atoms with Crippen LogP contribution >= 0.6 is 0 Å². The molecule has 1 N–H and O–H groups in total. The third kappa shape index (κ3) is 2.74. The van der Waals surface area contributed by atoms with E-state index in [1.54, 1.807) is 32.4 Å². The summed E-state index contributed by atoms with van der Waals surface area (Å²) in [5.74, 6) is 1.60. The smallest absolute Gasteiger partial charge is 0.193 e. The van der Waals surface area contributed by atoms with Crippen molar-refractivity contribution >= 4 is 11.0 Å². The van der Waals surface area contributed by atoms with Gasteiger partial charge in [-0.1, -0.05) is 0 Å². The molecule has 0 radical (unpaired) electrons. The molecule has 0 fully saturated rings. The summed E-state index contributed by atoms with van der Waals surface area (Å²) < 4.78 is 21.3. The summed E-state index contributed by atoms with van der Waals surface area (Å²) >= 11 is 0. The Morgan fingerprint density at radius 1 is 0.875 bits per heavy atom. The Morgan fingerprint density at radius 3 is 2.12 bits per heavy atom. The fourth-order valence-corrected chi connectivity index (χ4v) is 2.43. The number of benzene rings is 2. The monoisotopic (exact) mass is 328 g/mol. The summed E-state index contributed by atoms with van der Waals surface area (Å²) in [6.45, 7) is 0. The molecule has 0 saturated carbocycles. The highest BCUT2D eigenvalue weighted by Gasteiger charge is 2.13. The molecule has 0 aliphatic carbocycles. The molecule has 6 heteroatoms. The minimum atomic E-state index is -0.244. The van der Waals surface area contributed by atoms with Gasteiger partial charge in [0.1, 0.15) is 22.8 Å². The molecule has 0 aliphatic heterocycles. The standard InChI is InChI=1S/C18H16O6/c1-21-11-4-10(5-12(6-11)22-2)16-8-14(19)13-7-18(23-3)15(20)9-17(13)24-16/h4-9,20H,1-3H3. The Bertz CT molecular complexity index is 935. The maximum atomic E-state index is 12.4. The number of phenols is 1. The van der Waals surface area contributed by atoms with E-state index in [4.69, 9.17) is 18.6 Å². The van der Waals surface area contributed by atoms with E-state index in [0.717, 1.165) is 0 Å². The third-order valence-corrected chi connectivity index (χ3v) is 3.66. The molecule has 2 aromatic carbocycles. The zero-order valence-corrected chi connectivity index (χ0v) is 13.5. The average molecular weight is 328 g/mol. The molecular formula is C18H16O6. The van der Waals surface area contributed by atoms with Crippen LogP contribution in [0.4, 0.5) is 0 Å². The highest BCUT2D eigenvalue weighted by atomic mass is 16.5. The van der Waals surface area contributed by atoms with Crippen LogP contribution in [0.5, 0.6) is 23.0 Å². The molecule has 3 rings (SSSR count). The number of fused-ring (bicyclic) bond motifs is 1. The van der Waals surface area contributed by atoms with Gasteiger partial charge in [-0.15, -0.1) is 0 Å². The maximum Gasteiger partial charge on any atom is 0.193 e. The van der Waals surface area contributed by atoms with Crippen LogP contribution < -0.4 is 19.6 Å². The van der Waals surface area contributed by atoms with E-state index in [1.807, 2.05) is 0 Å². The van der Waals surface area contributed by atoms with Gasteiger partial charge in [-0.2, -0.15) is 0 Å². The lowest BCUT2D eigenvalue weighted by atomic mass is 10.1. The van der Waals surface area contributed by atoms with Crippen molar-refractivity contribution in [3.05, 3.63) is 46.6 Å². The molecule has 124 valence electrons. The normalized spacial score (nSPS) is 10.6. The summed E-state index contributed by atoms with van der Waals surface area (Å²) in [4.78, 5) is 12.4. The first kappa shape index (κ1) is 15.7. The van der Waals surface area contributed by atoms with Gasteiger partial charge < -0.3 is 23.7 Å². The van der Waals surface area contributed by atoms with Crippen molar-refractivity contribution in [2.24, 2.45) is 0 Å². The number of phenolic OH excluding ortho intramolecular Hbond substituents is 1. The number of methoxy groups -OCH3 is 3. The van der Waals surface area contributed by atoms with E-state index in [-0.39, 0.29) is 22.5 Å². The van der Waals surface area contributed by atoms with Crippen LogP contribution in [0.2, 0.25) is 0 Å². The molecule has 1 aromatic heterocycles. The molecule has 0 bridgehead atoms. The van der Waals surface area contributed by atoms with Crippen LogP contribution in [0.3, 0.4) is 0 Å². The number of aromatic hydroxyl groups is 1.